The molecule has 1 aliphatic heterocycles. The maximum absolute atomic E-state index is 12.1. The van der Waals surface area contributed by atoms with Gasteiger partial charge in [-0.25, -0.2) is 0 Å². The van der Waals surface area contributed by atoms with E-state index in [1.165, 1.54) is 0 Å². The largest absolute Gasteiger partial charge is 0.493 e. The fraction of sp³-hybridized carbons (Fsp3) is 0.235. The van der Waals surface area contributed by atoms with Crippen molar-refractivity contribution in [3.05, 3.63) is 64.7 Å². The first-order valence-corrected chi connectivity index (χ1v) is 7.20. The van der Waals surface area contributed by atoms with Gasteiger partial charge in [-0.05, 0) is 24.1 Å². The fourth-order valence-corrected chi connectivity index (χ4v) is 3.11. The summed E-state index contributed by atoms with van der Waals surface area (Å²) in [5.74, 6) is -0.184. The van der Waals surface area contributed by atoms with Gasteiger partial charge < -0.3 is 9.84 Å². The molecule has 1 N–H and O–H groups in total. The number of fused-ring (bicyclic) bond motifs is 1. The van der Waals surface area contributed by atoms with Crippen molar-refractivity contribution in [1.82, 2.24) is 0 Å². The van der Waals surface area contributed by atoms with Crippen molar-refractivity contribution in [2.45, 2.75) is 18.3 Å². The van der Waals surface area contributed by atoms with Crippen molar-refractivity contribution in [2.75, 3.05) is 6.61 Å². The van der Waals surface area contributed by atoms with Gasteiger partial charge >= 0.3 is 5.97 Å². The predicted molar refractivity (Wildman–Crippen MR) is 81.0 cm³/mol. The Balaban J connectivity index is 2.11. The number of aliphatic carboxylic acids is 1. The molecule has 0 spiro atoms. The summed E-state index contributed by atoms with van der Waals surface area (Å²) in [5, 5.41) is 10.5. The molecule has 21 heavy (non-hydrogen) atoms. The monoisotopic (exact) mass is 302 g/mol. The van der Waals surface area contributed by atoms with Crippen molar-refractivity contribution >= 4 is 17.6 Å². The lowest BCUT2D eigenvalue weighted by atomic mass is 9.72. The molecule has 0 amide bonds. The summed E-state index contributed by atoms with van der Waals surface area (Å²) in [5.41, 5.74) is 0.585. The van der Waals surface area contributed by atoms with Crippen LogP contribution in [-0.4, -0.2) is 17.7 Å². The molecule has 0 aromatic heterocycles. The van der Waals surface area contributed by atoms with E-state index in [0.717, 1.165) is 11.1 Å². The zero-order valence-corrected chi connectivity index (χ0v) is 12.1. The van der Waals surface area contributed by atoms with Crippen molar-refractivity contribution in [2.24, 2.45) is 0 Å². The zero-order valence-electron chi connectivity index (χ0n) is 11.4. The Kier molecular flexibility index (Phi) is 3.60. The van der Waals surface area contributed by atoms with E-state index in [2.05, 4.69) is 0 Å². The van der Waals surface area contributed by atoms with Crippen LogP contribution in [0.2, 0.25) is 5.02 Å². The molecule has 1 atom stereocenters. The number of hydrogen-bond acceptors (Lipinski definition) is 2. The van der Waals surface area contributed by atoms with Crippen LogP contribution in [0.15, 0.2) is 48.5 Å². The number of benzene rings is 2. The van der Waals surface area contributed by atoms with Gasteiger partial charge in [0.25, 0.3) is 0 Å². The molecular formula is C17H15ClO3. The number of para-hydroxylation sites is 1. The second-order valence-electron chi connectivity index (χ2n) is 5.25. The van der Waals surface area contributed by atoms with Crippen LogP contribution in [0.1, 0.15) is 17.5 Å². The van der Waals surface area contributed by atoms with E-state index in [0.29, 0.717) is 30.2 Å². The van der Waals surface area contributed by atoms with Gasteiger partial charge in [-0.15, -0.1) is 0 Å². The number of hydrogen-bond donors (Lipinski definition) is 1. The highest BCUT2D eigenvalue weighted by Crippen LogP contribution is 2.42. The quantitative estimate of drug-likeness (QED) is 0.940. The number of ether oxygens (including phenoxy) is 1. The third kappa shape index (κ3) is 2.38. The number of carboxylic acids is 1. The Morgan fingerprint density at radius 1 is 1.19 bits per heavy atom. The van der Waals surface area contributed by atoms with Crippen LogP contribution in [0.5, 0.6) is 5.75 Å². The van der Waals surface area contributed by atoms with Gasteiger partial charge in [-0.1, -0.05) is 48.0 Å². The van der Waals surface area contributed by atoms with Crippen LogP contribution >= 0.6 is 11.6 Å². The third-order valence-corrected chi connectivity index (χ3v) is 4.42. The lowest BCUT2D eigenvalue weighted by molar-refractivity contribution is -0.145. The average molecular weight is 303 g/mol. The molecule has 1 heterocycles. The third-order valence-electron chi connectivity index (χ3n) is 4.05. The molecule has 0 radical (unpaired) electrons. The summed E-state index contributed by atoms with van der Waals surface area (Å²) in [6, 6.07) is 14.7. The van der Waals surface area contributed by atoms with Crippen LogP contribution in [0.4, 0.5) is 0 Å². The van der Waals surface area contributed by atoms with Crippen molar-refractivity contribution < 1.29 is 14.6 Å². The van der Waals surface area contributed by atoms with Crippen molar-refractivity contribution in [1.29, 1.82) is 0 Å². The predicted octanol–water partition coefficient (Wildman–Crippen LogP) is 3.69. The minimum absolute atomic E-state index is 0.363. The van der Waals surface area contributed by atoms with Gasteiger partial charge in [-0.3, -0.25) is 4.79 Å². The zero-order chi connectivity index (χ0) is 14.9. The highest BCUT2D eigenvalue weighted by molar-refractivity contribution is 6.31. The van der Waals surface area contributed by atoms with Crippen LogP contribution in [0.25, 0.3) is 0 Å². The van der Waals surface area contributed by atoms with E-state index in [9.17, 15) is 9.90 Å². The van der Waals surface area contributed by atoms with Crippen molar-refractivity contribution in [3.8, 4) is 5.75 Å². The molecule has 2 aromatic rings. The highest BCUT2D eigenvalue weighted by atomic mass is 35.5. The minimum Gasteiger partial charge on any atom is -0.493 e. The summed E-state index contributed by atoms with van der Waals surface area (Å²) in [6.45, 7) is 0.397. The lowest BCUT2D eigenvalue weighted by Gasteiger charge is -2.35. The SMILES string of the molecule is O=C(O)C1(Cc2ccccc2Cl)CCOc2ccccc21. The molecular weight excluding hydrogens is 288 g/mol. The smallest absolute Gasteiger partial charge is 0.314 e. The van der Waals surface area contributed by atoms with E-state index in [-0.39, 0.29) is 0 Å². The van der Waals surface area contributed by atoms with Crippen LogP contribution in [0.3, 0.4) is 0 Å². The molecule has 0 saturated heterocycles. The number of carboxylic acid groups (broad SMARTS) is 1. The van der Waals surface area contributed by atoms with Crippen LogP contribution < -0.4 is 4.74 Å². The summed E-state index contributed by atoms with van der Waals surface area (Å²) in [7, 11) is 0. The Bertz CT molecular complexity index is 683. The first kappa shape index (κ1) is 14.0. The normalized spacial score (nSPS) is 20.4. The number of halogens is 1. The molecule has 1 unspecified atom stereocenters. The molecule has 2 aromatic carbocycles. The van der Waals surface area contributed by atoms with Gasteiger partial charge in [0.2, 0.25) is 0 Å². The molecule has 0 aliphatic carbocycles. The van der Waals surface area contributed by atoms with E-state index in [1.54, 1.807) is 6.07 Å². The topological polar surface area (TPSA) is 46.5 Å². The summed E-state index contributed by atoms with van der Waals surface area (Å²) in [4.78, 5) is 12.1. The van der Waals surface area contributed by atoms with Crippen molar-refractivity contribution in [3.63, 3.8) is 0 Å². The van der Waals surface area contributed by atoms with Crippen LogP contribution in [0, 0.1) is 0 Å². The van der Waals surface area contributed by atoms with Gasteiger partial charge in [0.05, 0.1) is 6.61 Å². The maximum Gasteiger partial charge on any atom is 0.314 e. The molecule has 4 heteroatoms. The molecule has 1 aliphatic rings. The van der Waals surface area contributed by atoms with E-state index in [4.69, 9.17) is 16.3 Å². The first-order valence-electron chi connectivity index (χ1n) is 6.82. The van der Waals surface area contributed by atoms with E-state index in [1.807, 2.05) is 42.5 Å². The Morgan fingerprint density at radius 2 is 1.90 bits per heavy atom. The summed E-state index contributed by atoms with van der Waals surface area (Å²) < 4.78 is 5.60. The molecule has 0 saturated carbocycles. The first-order chi connectivity index (χ1) is 10.1. The fourth-order valence-electron chi connectivity index (χ4n) is 2.91. The molecule has 3 nitrogen and oxygen atoms in total. The van der Waals surface area contributed by atoms with Gasteiger partial charge in [-0.2, -0.15) is 0 Å². The lowest BCUT2D eigenvalue weighted by Crippen LogP contribution is -2.42. The molecule has 3 rings (SSSR count). The second-order valence-corrected chi connectivity index (χ2v) is 5.66. The van der Waals surface area contributed by atoms with Crippen LogP contribution in [-0.2, 0) is 16.6 Å². The van der Waals surface area contributed by atoms with E-state index >= 15 is 0 Å². The Hall–Kier alpha value is -2.00. The molecule has 108 valence electrons. The standard InChI is InChI=1S/C17H15ClO3/c18-14-7-3-1-5-12(14)11-17(16(19)20)9-10-21-15-8-4-2-6-13(15)17/h1-8H,9-11H2,(H,19,20). The van der Waals surface area contributed by atoms with Gasteiger partial charge in [0.15, 0.2) is 0 Å². The Morgan fingerprint density at radius 3 is 2.67 bits per heavy atom. The Labute approximate surface area is 128 Å². The van der Waals surface area contributed by atoms with E-state index < -0.39 is 11.4 Å². The van der Waals surface area contributed by atoms with Gasteiger partial charge in [0.1, 0.15) is 11.2 Å². The second kappa shape index (κ2) is 5.41. The molecule has 0 bridgehead atoms. The number of rotatable bonds is 3. The number of carbonyl (C=O) groups is 1. The average Bonchev–Trinajstić information content (AvgIpc) is 2.49. The molecule has 0 fully saturated rings. The minimum atomic E-state index is -0.986. The van der Waals surface area contributed by atoms with Gasteiger partial charge in [0, 0.05) is 17.0 Å². The summed E-state index contributed by atoms with van der Waals surface area (Å²) in [6.07, 6.45) is 0.799. The summed E-state index contributed by atoms with van der Waals surface area (Å²) >= 11 is 6.21. The maximum atomic E-state index is 12.1. The highest BCUT2D eigenvalue weighted by Gasteiger charge is 2.45.